The first kappa shape index (κ1) is 26.6. The number of amides is 4. The van der Waals surface area contributed by atoms with E-state index in [0.717, 1.165) is 36.4 Å². The summed E-state index contributed by atoms with van der Waals surface area (Å²) < 4.78 is 83.6. The Kier molecular flexibility index (Phi) is 6.63. The molecule has 2 aromatic carbocycles. The average molecular weight is 542 g/mol. The second-order valence-corrected chi connectivity index (χ2v) is 8.04. The minimum absolute atomic E-state index is 0.175. The van der Waals surface area contributed by atoms with Crippen LogP contribution in [0, 0.1) is 5.92 Å². The van der Waals surface area contributed by atoms with Crippen LogP contribution in [0.15, 0.2) is 53.6 Å². The van der Waals surface area contributed by atoms with Gasteiger partial charge in [-0.1, -0.05) is 12.1 Å². The SMILES string of the molecule is CCOC(=O)C1=NN(C(=O)Nc2cccc(C(F)(F)F)c2)[C@H]2C(=O)N(c3cccc(C(F)(F)F)c3)C(=O)[C@@H]12. The summed E-state index contributed by atoms with van der Waals surface area (Å²) in [5.74, 6) is -5.20. The smallest absolute Gasteiger partial charge is 0.416 e. The van der Waals surface area contributed by atoms with E-state index in [1.54, 1.807) is 0 Å². The Morgan fingerprint density at radius 2 is 1.55 bits per heavy atom. The maximum Gasteiger partial charge on any atom is 0.416 e. The molecule has 1 saturated heterocycles. The van der Waals surface area contributed by atoms with E-state index in [1.165, 1.54) is 6.92 Å². The fourth-order valence-electron chi connectivity index (χ4n) is 3.98. The summed E-state index contributed by atoms with van der Waals surface area (Å²) in [7, 11) is 0. The lowest BCUT2D eigenvalue weighted by Crippen LogP contribution is -2.44. The number of fused-ring (bicyclic) bond motifs is 1. The zero-order valence-corrected chi connectivity index (χ0v) is 19.1. The first-order valence-corrected chi connectivity index (χ1v) is 10.8. The summed E-state index contributed by atoms with van der Waals surface area (Å²) in [5, 5.41) is 6.25. The van der Waals surface area contributed by atoms with Crippen molar-refractivity contribution < 1.29 is 50.3 Å². The van der Waals surface area contributed by atoms with Crippen LogP contribution in [0.2, 0.25) is 0 Å². The summed E-state index contributed by atoms with van der Waals surface area (Å²) in [6.07, 6.45) is -9.53. The minimum Gasteiger partial charge on any atom is -0.461 e. The van der Waals surface area contributed by atoms with Crippen LogP contribution >= 0.6 is 0 Å². The molecule has 0 spiro atoms. The molecular weight excluding hydrogens is 526 g/mol. The van der Waals surface area contributed by atoms with Crippen LogP contribution in [0.3, 0.4) is 0 Å². The monoisotopic (exact) mass is 542 g/mol. The lowest BCUT2D eigenvalue weighted by atomic mass is 9.98. The van der Waals surface area contributed by atoms with Crippen molar-refractivity contribution >= 4 is 40.9 Å². The number of nitrogens with one attached hydrogen (secondary N) is 1. The number of nitrogens with zero attached hydrogens (tertiary/aromatic N) is 3. The summed E-state index contributed by atoms with van der Waals surface area (Å²) in [6, 6.07) is 3.70. The van der Waals surface area contributed by atoms with Gasteiger partial charge >= 0.3 is 24.4 Å². The number of anilines is 2. The molecule has 2 heterocycles. The van der Waals surface area contributed by atoms with E-state index < -0.39 is 70.7 Å². The van der Waals surface area contributed by atoms with Crippen molar-refractivity contribution in [3.63, 3.8) is 0 Å². The van der Waals surface area contributed by atoms with Crippen LogP contribution in [-0.2, 0) is 31.5 Å². The summed E-state index contributed by atoms with van der Waals surface area (Å²) in [5.41, 5.74) is -3.72. The molecule has 0 aromatic heterocycles. The highest BCUT2D eigenvalue weighted by atomic mass is 19.4. The lowest BCUT2D eigenvalue weighted by molar-refractivity contribution is -0.138. The van der Waals surface area contributed by atoms with Crippen molar-refractivity contribution in [1.82, 2.24) is 5.01 Å². The van der Waals surface area contributed by atoms with Gasteiger partial charge in [-0.05, 0) is 43.3 Å². The topological polar surface area (TPSA) is 108 Å². The van der Waals surface area contributed by atoms with E-state index in [1.807, 2.05) is 0 Å². The Labute approximate surface area is 209 Å². The summed E-state index contributed by atoms with van der Waals surface area (Å²) in [6.45, 7) is 1.25. The molecule has 9 nitrogen and oxygen atoms in total. The van der Waals surface area contributed by atoms with Crippen LogP contribution < -0.4 is 10.2 Å². The maximum atomic E-state index is 13.3. The highest BCUT2D eigenvalue weighted by Crippen LogP contribution is 2.38. The Morgan fingerprint density at radius 1 is 0.947 bits per heavy atom. The van der Waals surface area contributed by atoms with Gasteiger partial charge in [0.05, 0.1) is 23.4 Å². The number of urea groups is 1. The molecule has 0 bridgehead atoms. The molecule has 4 rings (SSSR count). The molecule has 2 aliphatic rings. The van der Waals surface area contributed by atoms with Gasteiger partial charge in [-0.25, -0.2) is 19.5 Å². The molecule has 0 aliphatic carbocycles. The second kappa shape index (κ2) is 9.46. The van der Waals surface area contributed by atoms with Crippen LogP contribution in [0.25, 0.3) is 0 Å². The van der Waals surface area contributed by atoms with E-state index in [-0.39, 0.29) is 12.3 Å². The van der Waals surface area contributed by atoms with Crippen molar-refractivity contribution in [2.24, 2.45) is 11.0 Å². The highest BCUT2D eigenvalue weighted by molar-refractivity contribution is 6.47. The van der Waals surface area contributed by atoms with Crippen molar-refractivity contribution in [3.05, 3.63) is 59.7 Å². The fourth-order valence-corrected chi connectivity index (χ4v) is 3.98. The molecule has 15 heteroatoms. The molecular formula is C23H16F6N4O5. The number of carbonyl (C=O) groups is 4. The summed E-state index contributed by atoms with van der Waals surface area (Å²) in [4.78, 5) is 52.3. The van der Waals surface area contributed by atoms with Gasteiger partial charge in [0, 0.05) is 5.69 Å². The number of hydrazone groups is 1. The molecule has 1 N–H and O–H groups in total. The predicted molar refractivity (Wildman–Crippen MR) is 118 cm³/mol. The molecule has 2 aromatic rings. The van der Waals surface area contributed by atoms with Crippen molar-refractivity contribution in [1.29, 1.82) is 0 Å². The molecule has 4 amide bonds. The van der Waals surface area contributed by atoms with Gasteiger partial charge in [-0.15, -0.1) is 0 Å². The zero-order valence-electron chi connectivity index (χ0n) is 19.1. The highest BCUT2D eigenvalue weighted by Gasteiger charge is 2.60. The molecule has 2 atom stereocenters. The van der Waals surface area contributed by atoms with E-state index in [0.29, 0.717) is 22.0 Å². The van der Waals surface area contributed by atoms with Gasteiger partial charge in [0.25, 0.3) is 5.91 Å². The molecule has 2 aliphatic heterocycles. The molecule has 200 valence electrons. The first-order chi connectivity index (χ1) is 17.7. The van der Waals surface area contributed by atoms with E-state index >= 15 is 0 Å². The van der Waals surface area contributed by atoms with Crippen LogP contribution in [0.4, 0.5) is 42.5 Å². The predicted octanol–water partition coefficient (Wildman–Crippen LogP) is 4.05. The number of halogens is 6. The largest absolute Gasteiger partial charge is 0.461 e. The Morgan fingerprint density at radius 3 is 2.16 bits per heavy atom. The van der Waals surface area contributed by atoms with E-state index in [9.17, 15) is 45.5 Å². The zero-order chi connectivity index (χ0) is 28.0. The number of imide groups is 1. The van der Waals surface area contributed by atoms with Crippen molar-refractivity contribution in [3.8, 4) is 0 Å². The van der Waals surface area contributed by atoms with Crippen LogP contribution in [0.5, 0.6) is 0 Å². The number of hydrogen-bond donors (Lipinski definition) is 1. The van der Waals surface area contributed by atoms with Crippen LogP contribution in [-0.4, -0.2) is 47.2 Å². The number of rotatable bonds is 4. The third-order valence-corrected chi connectivity index (χ3v) is 5.61. The normalized spacial score (nSPS) is 19.4. The number of hydrogen-bond acceptors (Lipinski definition) is 6. The fraction of sp³-hybridized carbons (Fsp3) is 0.261. The van der Waals surface area contributed by atoms with E-state index in [4.69, 9.17) is 4.74 Å². The van der Waals surface area contributed by atoms with Gasteiger partial charge in [0.2, 0.25) is 5.91 Å². The number of benzene rings is 2. The van der Waals surface area contributed by atoms with E-state index in [2.05, 4.69) is 10.4 Å². The maximum absolute atomic E-state index is 13.3. The Bertz CT molecular complexity index is 1360. The van der Waals surface area contributed by atoms with Gasteiger partial charge in [0.1, 0.15) is 5.92 Å². The number of carbonyl (C=O) groups excluding carboxylic acids is 4. The minimum atomic E-state index is -4.80. The van der Waals surface area contributed by atoms with Gasteiger partial charge in [0.15, 0.2) is 11.8 Å². The number of ether oxygens (including phenoxy) is 1. The first-order valence-electron chi connectivity index (χ1n) is 10.8. The lowest BCUT2D eigenvalue weighted by Gasteiger charge is -2.21. The van der Waals surface area contributed by atoms with Gasteiger partial charge in [-0.2, -0.15) is 31.4 Å². The number of alkyl halides is 6. The van der Waals surface area contributed by atoms with Crippen LogP contribution in [0.1, 0.15) is 18.1 Å². The number of esters is 1. The molecule has 38 heavy (non-hydrogen) atoms. The molecule has 0 unspecified atom stereocenters. The molecule has 0 saturated carbocycles. The van der Waals surface area contributed by atoms with Crippen molar-refractivity contribution in [2.45, 2.75) is 25.3 Å². The van der Waals surface area contributed by atoms with Gasteiger partial charge < -0.3 is 10.1 Å². The third kappa shape index (κ3) is 4.78. The summed E-state index contributed by atoms with van der Waals surface area (Å²) >= 11 is 0. The Balaban J connectivity index is 1.70. The third-order valence-electron chi connectivity index (χ3n) is 5.61. The van der Waals surface area contributed by atoms with Gasteiger partial charge in [-0.3, -0.25) is 9.59 Å². The Hall–Kier alpha value is -4.43. The quantitative estimate of drug-likeness (QED) is 0.357. The van der Waals surface area contributed by atoms with Crippen molar-refractivity contribution in [2.75, 3.05) is 16.8 Å². The molecule has 1 fully saturated rings. The standard InChI is InChI=1S/C23H16F6N4O5/c1-2-38-20(36)16-15-17(19(35)32(18(15)34)14-8-4-6-12(10-14)23(27,28)29)33(31-16)21(37)30-13-7-3-5-11(9-13)22(24,25)26/h3-10,15,17H,2H2,1H3,(H,30,37)/t15-,17+/m0/s1. The molecule has 0 radical (unpaired) electrons. The second-order valence-electron chi connectivity index (χ2n) is 8.04. The average Bonchev–Trinajstić information content (AvgIpc) is 3.35.